The highest BCUT2D eigenvalue weighted by Crippen LogP contribution is 2.34. The van der Waals surface area contributed by atoms with Gasteiger partial charge in [-0.25, -0.2) is 0 Å². The molecule has 0 saturated heterocycles. The Labute approximate surface area is 121 Å². The fourth-order valence-corrected chi connectivity index (χ4v) is 3.49. The van der Waals surface area contributed by atoms with E-state index in [0.717, 1.165) is 6.42 Å². The topological polar surface area (TPSA) is 26.0 Å². The quantitative estimate of drug-likeness (QED) is 0.869. The lowest BCUT2D eigenvalue weighted by Gasteiger charge is -2.30. The zero-order chi connectivity index (χ0) is 14.1. The first-order valence-corrected chi connectivity index (χ1v) is 7.54. The van der Waals surface area contributed by atoms with Crippen LogP contribution in [0.3, 0.4) is 0 Å². The Kier molecular flexibility index (Phi) is 3.62. The molecule has 1 aliphatic rings. The number of benzene rings is 2. The first kappa shape index (κ1) is 13.4. The summed E-state index contributed by atoms with van der Waals surface area (Å²) in [5, 5.41) is 0. The molecule has 0 amide bonds. The van der Waals surface area contributed by atoms with Gasteiger partial charge in [-0.1, -0.05) is 48.0 Å². The monoisotopic (exact) mass is 265 g/mol. The summed E-state index contributed by atoms with van der Waals surface area (Å²) in [6.07, 6.45) is 3.48. The van der Waals surface area contributed by atoms with E-state index in [1.807, 2.05) is 0 Å². The maximum Gasteiger partial charge on any atom is 0.0329 e. The van der Waals surface area contributed by atoms with E-state index < -0.39 is 0 Å². The summed E-state index contributed by atoms with van der Waals surface area (Å²) >= 11 is 0. The lowest BCUT2D eigenvalue weighted by molar-refractivity contribution is 0.381. The van der Waals surface area contributed by atoms with E-state index in [9.17, 15) is 0 Å². The third kappa shape index (κ3) is 2.51. The van der Waals surface area contributed by atoms with Crippen LogP contribution in [0.5, 0.6) is 0 Å². The van der Waals surface area contributed by atoms with Crippen LogP contribution in [-0.4, -0.2) is 0 Å². The lowest BCUT2D eigenvalue weighted by atomic mass is 9.77. The second-order valence-electron chi connectivity index (χ2n) is 6.16. The minimum absolute atomic E-state index is 0.156. The highest BCUT2D eigenvalue weighted by atomic mass is 14.7. The van der Waals surface area contributed by atoms with E-state index in [4.69, 9.17) is 5.73 Å². The average molecular weight is 265 g/mol. The van der Waals surface area contributed by atoms with Crippen LogP contribution in [0.4, 0.5) is 0 Å². The van der Waals surface area contributed by atoms with E-state index in [0.29, 0.717) is 5.92 Å². The van der Waals surface area contributed by atoms with E-state index in [-0.39, 0.29) is 6.04 Å². The second kappa shape index (κ2) is 5.41. The first-order chi connectivity index (χ1) is 9.65. The van der Waals surface area contributed by atoms with Crippen molar-refractivity contribution in [1.82, 2.24) is 0 Å². The Hall–Kier alpha value is -1.60. The van der Waals surface area contributed by atoms with Gasteiger partial charge in [0, 0.05) is 6.04 Å². The molecule has 0 saturated carbocycles. The molecule has 0 spiro atoms. The van der Waals surface area contributed by atoms with E-state index >= 15 is 0 Å². The lowest BCUT2D eigenvalue weighted by Crippen LogP contribution is -2.27. The summed E-state index contributed by atoms with van der Waals surface area (Å²) < 4.78 is 0. The van der Waals surface area contributed by atoms with Gasteiger partial charge in [0.05, 0.1) is 0 Å². The minimum atomic E-state index is 0.156. The summed E-state index contributed by atoms with van der Waals surface area (Å²) in [6.45, 7) is 4.32. The highest BCUT2D eigenvalue weighted by molar-refractivity contribution is 5.35. The SMILES string of the molecule is Cc1ccc(C(N)C2CCc3ccccc3C2)c(C)c1. The molecular weight excluding hydrogens is 242 g/mol. The van der Waals surface area contributed by atoms with Gasteiger partial charge in [-0.05, 0) is 61.3 Å². The molecule has 2 aromatic rings. The molecule has 0 fully saturated rings. The van der Waals surface area contributed by atoms with Gasteiger partial charge in [-0.15, -0.1) is 0 Å². The predicted octanol–water partition coefficient (Wildman–Crippen LogP) is 4.11. The van der Waals surface area contributed by atoms with Crippen LogP contribution >= 0.6 is 0 Å². The first-order valence-electron chi connectivity index (χ1n) is 7.54. The predicted molar refractivity (Wildman–Crippen MR) is 84.8 cm³/mol. The molecule has 20 heavy (non-hydrogen) atoms. The second-order valence-corrected chi connectivity index (χ2v) is 6.16. The Morgan fingerprint density at radius 3 is 2.55 bits per heavy atom. The maximum absolute atomic E-state index is 6.58. The van der Waals surface area contributed by atoms with Crippen molar-refractivity contribution in [2.75, 3.05) is 0 Å². The molecule has 2 unspecified atom stereocenters. The van der Waals surface area contributed by atoms with E-state index in [1.165, 1.54) is 40.7 Å². The van der Waals surface area contributed by atoms with Crippen molar-refractivity contribution >= 4 is 0 Å². The average Bonchev–Trinajstić information content (AvgIpc) is 2.46. The number of hydrogen-bond acceptors (Lipinski definition) is 1. The Balaban J connectivity index is 1.84. The fraction of sp³-hybridized carbons (Fsp3) is 0.368. The number of hydrogen-bond donors (Lipinski definition) is 1. The highest BCUT2D eigenvalue weighted by Gasteiger charge is 2.25. The summed E-state index contributed by atoms with van der Waals surface area (Å²) in [5.74, 6) is 0.561. The van der Waals surface area contributed by atoms with Gasteiger partial charge in [0.15, 0.2) is 0 Å². The van der Waals surface area contributed by atoms with Gasteiger partial charge in [-0.3, -0.25) is 0 Å². The fourth-order valence-electron chi connectivity index (χ4n) is 3.49. The number of rotatable bonds is 2. The minimum Gasteiger partial charge on any atom is -0.324 e. The summed E-state index contributed by atoms with van der Waals surface area (Å²) in [5.41, 5.74) is 13.5. The van der Waals surface area contributed by atoms with Gasteiger partial charge in [0.25, 0.3) is 0 Å². The van der Waals surface area contributed by atoms with Crippen LogP contribution in [-0.2, 0) is 12.8 Å². The van der Waals surface area contributed by atoms with Gasteiger partial charge < -0.3 is 5.73 Å². The van der Waals surface area contributed by atoms with Crippen molar-refractivity contribution in [3.8, 4) is 0 Å². The number of nitrogens with two attached hydrogens (primary N) is 1. The summed E-state index contributed by atoms with van der Waals surface area (Å²) in [4.78, 5) is 0. The molecule has 3 rings (SSSR count). The van der Waals surface area contributed by atoms with E-state index in [2.05, 4.69) is 56.3 Å². The van der Waals surface area contributed by atoms with Gasteiger partial charge in [0.1, 0.15) is 0 Å². The van der Waals surface area contributed by atoms with Crippen molar-refractivity contribution in [3.05, 3.63) is 70.3 Å². The van der Waals surface area contributed by atoms with Gasteiger partial charge in [0.2, 0.25) is 0 Å². The summed E-state index contributed by atoms with van der Waals surface area (Å²) in [6, 6.07) is 15.6. The molecule has 1 aliphatic carbocycles. The number of fused-ring (bicyclic) bond motifs is 1. The zero-order valence-corrected chi connectivity index (χ0v) is 12.4. The molecule has 2 N–H and O–H groups in total. The molecule has 104 valence electrons. The van der Waals surface area contributed by atoms with Crippen LogP contribution in [0.2, 0.25) is 0 Å². The standard InChI is InChI=1S/C19H23N/c1-13-7-10-18(14(2)11-13)19(20)17-9-8-15-5-3-4-6-16(15)12-17/h3-7,10-11,17,19H,8-9,12,20H2,1-2H3. The molecule has 2 aromatic carbocycles. The van der Waals surface area contributed by atoms with Crippen molar-refractivity contribution in [1.29, 1.82) is 0 Å². The largest absolute Gasteiger partial charge is 0.324 e. The summed E-state index contributed by atoms with van der Waals surface area (Å²) in [7, 11) is 0. The molecular formula is C19H23N. The normalized spacial score (nSPS) is 19.4. The van der Waals surface area contributed by atoms with Gasteiger partial charge >= 0.3 is 0 Å². The maximum atomic E-state index is 6.58. The van der Waals surface area contributed by atoms with Crippen LogP contribution < -0.4 is 5.73 Å². The molecule has 1 nitrogen and oxygen atoms in total. The molecule has 0 bridgehead atoms. The molecule has 1 heteroatoms. The third-order valence-corrected chi connectivity index (χ3v) is 4.68. The van der Waals surface area contributed by atoms with Crippen molar-refractivity contribution in [2.24, 2.45) is 11.7 Å². The van der Waals surface area contributed by atoms with Gasteiger partial charge in [-0.2, -0.15) is 0 Å². The van der Waals surface area contributed by atoms with Crippen molar-refractivity contribution in [2.45, 2.75) is 39.2 Å². The smallest absolute Gasteiger partial charge is 0.0329 e. The Morgan fingerprint density at radius 1 is 1.05 bits per heavy atom. The Bertz CT molecular complexity index is 615. The molecule has 0 aliphatic heterocycles. The molecule has 0 radical (unpaired) electrons. The molecule has 2 atom stereocenters. The van der Waals surface area contributed by atoms with Crippen LogP contribution in [0.15, 0.2) is 42.5 Å². The number of aryl methyl sites for hydroxylation is 3. The van der Waals surface area contributed by atoms with Crippen LogP contribution in [0, 0.1) is 19.8 Å². The van der Waals surface area contributed by atoms with Crippen molar-refractivity contribution in [3.63, 3.8) is 0 Å². The van der Waals surface area contributed by atoms with Crippen LogP contribution in [0.25, 0.3) is 0 Å². The molecule has 0 heterocycles. The van der Waals surface area contributed by atoms with Crippen LogP contribution in [0.1, 0.15) is 40.3 Å². The third-order valence-electron chi connectivity index (χ3n) is 4.68. The van der Waals surface area contributed by atoms with Crippen molar-refractivity contribution < 1.29 is 0 Å². The zero-order valence-electron chi connectivity index (χ0n) is 12.4. The molecule has 0 aromatic heterocycles. The van der Waals surface area contributed by atoms with E-state index in [1.54, 1.807) is 0 Å². The Morgan fingerprint density at radius 2 is 1.80 bits per heavy atom.